The van der Waals surface area contributed by atoms with Crippen molar-refractivity contribution in [2.75, 3.05) is 0 Å². The highest BCUT2D eigenvalue weighted by Gasteiger charge is 2.12. The zero-order valence-corrected chi connectivity index (χ0v) is 11.7. The van der Waals surface area contributed by atoms with E-state index in [-0.39, 0.29) is 0 Å². The third kappa shape index (κ3) is 2.27. The molecule has 2 heterocycles. The molecule has 0 saturated carbocycles. The highest BCUT2D eigenvalue weighted by molar-refractivity contribution is 7.17. The summed E-state index contributed by atoms with van der Waals surface area (Å²) in [6.45, 7) is 4.14. The fourth-order valence-electron chi connectivity index (χ4n) is 2.14. The Labute approximate surface area is 116 Å². The van der Waals surface area contributed by atoms with Crippen molar-refractivity contribution in [1.82, 2.24) is 4.98 Å². The minimum atomic E-state index is -0.613. The van der Waals surface area contributed by atoms with Gasteiger partial charge in [0, 0.05) is 11.8 Å². The van der Waals surface area contributed by atoms with Crippen LogP contribution in [0.4, 0.5) is 0 Å². The number of fused-ring (bicyclic) bond motifs is 1. The smallest absolute Gasteiger partial charge is 0.106 e. The molecule has 0 bridgehead atoms. The molecule has 0 radical (unpaired) electrons. The summed E-state index contributed by atoms with van der Waals surface area (Å²) in [6.07, 6.45) is 1.15. The molecule has 1 unspecified atom stereocenters. The normalized spacial score (nSPS) is 12.8. The van der Waals surface area contributed by atoms with E-state index in [2.05, 4.69) is 18.8 Å². The Kier molecular flexibility index (Phi) is 3.09. The molecule has 3 aromatic rings. The maximum absolute atomic E-state index is 10.5. The lowest BCUT2D eigenvalue weighted by molar-refractivity contribution is 0.220. The van der Waals surface area contributed by atoms with Gasteiger partial charge in [0.05, 0.1) is 10.2 Å². The quantitative estimate of drug-likeness (QED) is 0.763. The van der Waals surface area contributed by atoms with E-state index in [1.807, 2.05) is 35.7 Å². The van der Waals surface area contributed by atoms with Gasteiger partial charge < -0.3 is 5.11 Å². The molecule has 19 heavy (non-hydrogen) atoms. The molecular formula is C16H15NOS. The molecule has 2 aromatic heterocycles. The first-order valence-electron chi connectivity index (χ1n) is 6.23. The molecule has 1 atom stereocenters. The highest BCUT2D eigenvalue weighted by atomic mass is 32.1. The number of thiophene rings is 1. The lowest BCUT2D eigenvalue weighted by Crippen LogP contribution is -2.01. The first-order valence-corrected chi connectivity index (χ1v) is 7.11. The second kappa shape index (κ2) is 4.76. The van der Waals surface area contributed by atoms with Crippen LogP contribution in [0.5, 0.6) is 0 Å². The van der Waals surface area contributed by atoms with Crippen molar-refractivity contribution in [3.05, 3.63) is 64.2 Å². The molecular weight excluding hydrogens is 254 g/mol. The molecule has 1 N–H and O–H groups in total. The molecule has 0 fully saturated rings. The fraction of sp³-hybridized carbons (Fsp3) is 0.188. The van der Waals surface area contributed by atoms with E-state index in [0.29, 0.717) is 0 Å². The van der Waals surface area contributed by atoms with Gasteiger partial charge in [0.1, 0.15) is 6.10 Å². The van der Waals surface area contributed by atoms with E-state index >= 15 is 0 Å². The van der Waals surface area contributed by atoms with E-state index in [1.54, 1.807) is 17.5 Å². The number of pyridine rings is 1. The molecule has 1 aromatic carbocycles. The molecule has 0 aliphatic heterocycles. The Morgan fingerprint density at radius 2 is 1.89 bits per heavy atom. The van der Waals surface area contributed by atoms with Crippen LogP contribution < -0.4 is 0 Å². The van der Waals surface area contributed by atoms with Crippen LogP contribution in [-0.2, 0) is 0 Å². The number of benzene rings is 1. The zero-order valence-electron chi connectivity index (χ0n) is 10.9. The third-order valence-corrected chi connectivity index (χ3v) is 4.34. The number of nitrogens with zero attached hydrogens (tertiary/aromatic N) is 1. The van der Waals surface area contributed by atoms with Crippen LogP contribution in [0.2, 0.25) is 0 Å². The molecule has 0 aliphatic rings. The van der Waals surface area contributed by atoms with E-state index in [9.17, 15) is 5.11 Å². The monoisotopic (exact) mass is 269 g/mol. The summed E-state index contributed by atoms with van der Waals surface area (Å²) in [7, 11) is 0. The van der Waals surface area contributed by atoms with Crippen molar-refractivity contribution in [2.45, 2.75) is 20.0 Å². The van der Waals surface area contributed by atoms with Gasteiger partial charge in [0.15, 0.2) is 0 Å². The first kappa shape index (κ1) is 12.3. The van der Waals surface area contributed by atoms with Crippen LogP contribution in [0, 0.1) is 13.8 Å². The Bertz CT molecular complexity index is 732. The van der Waals surface area contributed by atoms with Gasteiger partial charge in [-0.1, -0.05) is 18.2 Å². The van der Waals surface area contributed by atoms with Gasteiger partial charge in [-0.2, -0.15) is 0 Å². The Morgan fingerprint density at radius 1 is 1.05 bits per heavy atom. The van der Waals surface area contributed by atoms with Crippen molar-refractivity contribution >= 4 is 21.6 Å². The molecule has 2 nitrogen and oxygen atoms in total. The van der Waals surface area contributed by atoms with Gasteiger partial charge in [0.25, 0.3) is 0 Å². The van der Waals surface area contributed by atoms with Crippen molar-refractivity contribution in [3.8, 4) is 0 Å². The second-order valence-electron chi connectivity index (χ2n) is 4.82. The molecule has 0 saturated heterocycles. The van der Waals surface area contributed by atoms with E-state index < -0.39 is 6.10 Å². The highest BCUT2D eigenvalue weighted by Crippen LogP contribution is 2.27. The average Bonchev–Trinajstić information content (AvgIpc) is 2.88. The van der Waals surface area contributed by atoms with Gasteiger partial charge in [-0.3, -0.25) is 4.98 Å². The van der Waals surface area contributed by atoms with Gasteiger partial charge in [0.2, 0.25) is 0 Å². The molecule has 3 heteroatoms. The summed E-state index contributed by atoms with van der Waals surface area (Å²) in [4.78, 5) is 4.38. The third-order valence-electron chi connectivity index (χ3n) is 3.49. The van der Waals surface area contributed by atoms with Crippen LogP contribution in [0.1, 0.15) is 28.4 Å². The topological polar surface area (TPSA) is 33.1 Å². The van der Waals surface area contributed by atoms with Crippen LogP contribution in [0.3, 0.4) is 0 Å². The average molecular weight is 269 g/mol. The molecule has 3 rings (SSSR count). The predicted octanol–water partition coefficient (Wildman–Crippen LogP) is 3.99. The second-order valence-corrected chi connectivity index (χ2v) is 5.77. The van der Waals surface area contributed by atoms with Crippen LogP contribution in [0.15, 0.2) is 41.9 Å². The largest absolute Gasteiger partial charge is 0.384 e. The van der Waals surface area contributed by atoms with Gasteiger partial charge in [-0.05, 0) is 48.1 Å². The zero-order chi connectivity index (χ0) is 13.4. The molecule has 0 amide bonds. The summed E-state index contributed by atoms with van der Waals surface area (Å²) in [5.41, 5.74) is 5.18. The lowest BCUT2D eigenvalue weighted by atomic mass is 9.99. The van der Waals surface area contributed by atoms with Crippen LogP contribution in [-0.4, -0.2) is 10.1 Å². The molecule has 0 spiro atoms. The van der Waals surface area contributed by atoms with Crippen molar-refractivity contribution in [1.29, 1.82) is 0 Å². The summed E-state index contributed by atoms with van der Waals surface area (Å²) in [5.74, 6) is 0. The van der Waals surface area contributed by atoms with Crippen LogP contribution >= 0.6 is 11.3 Å². The van der Waals surface area contributed by atoms with E-state index in [4.69, 9.17) is 0 Å². The Morgan fingerprint density at radius 3 is 2.68 bits per heavy atom. The van der Waals surface area contributed by atoms with Gasteiger partial charge in [-0.25, -0.2) is 0 Å². The Hall–Kier alpha value is -1.71. The number of hydrogen-bond donors (Lipinski definition) is 1. The summed E-state index contributed by atoms with van der Waals surface area (Å²) in [6, 6.07) is 10.1. The van der Waals surface area contributed by atoms with E-state index in [1.165, 1.54) is 11.1 Å². The predicted molar refractivity (Wildman–Crippen MR) is 79.6 cm³/mol. The summed E-state index contributed by atoms with van der Waals surface area (Å²) < 4.78 is 1.11. The van der Waals surface area contributed by atoms with Gasteiger partial charge in [-0.15, -0.1) is 11.3 Å². The minimum Gasteiger partial charge on any atom is -0.384 e. The number of hydrogen-bond acceptors (Lipinski definition) is 3. The van der Waals surface area contributed by atoms with Crippen molar-refractivity contribution < 1.29 is 5.11 Å². The van der Waals surface area contributed by atoms with Gasteiger partial charge >= 0.3 is 0 Å². The maximum atomic E-state index is 10.5. The minimum absolute atomic E-state index is 0.613. The van der Waals surface area contributed by atoms with Crippen molar-refractivity contribution in [2.24, 2.45) is 0 Å². The number of rotatable bonds is 2. The van der Waals surface area contributed by atoms with E-state index in [0.717, 1.165) is 21.3 Å². The fourth-order valence-corrected chi connectivity index (χ4v) is 2.93. The standard InChI is InChI=1S/C16H15NOS/c1-10-3-4-12(7-11(10)2)16(18)13-8-15-14(17-9-13)5-6-19-15/h3-9,16,18H,1-2H3. The maximum Gasteiger partial charge on any atom is 0.106 e. The Balaban J connectivity index is 2.01. The first-order chi connectivity index (χ1) is 9.15. The summed E-state index contributed by atoms with van der Waals surface area (Å²) in [5, 5.41) is 12.5. The van der Waals surface area contributed by atoms with Crippen LogP contribution in [0.25, 0.3) is 10.2 Å². The molecule has 0 aliphatic carbocycles. The lowest BCUT2D eigenvalue weighted by Gasteiger charge is -2.13. The summed E-state index contributed by atoms with van der Waals surface area (Å²) >= 11 is 1.65. The SMILES string of the molecule is Cc1ccc(C(O)c2cnc3ccsc3c2)cc1C. The number of aromatic nitrogens is 1. The number of aliphatic hydroxyl groups excluding tert-OH is 1. The molecule has 96 valence electrons. The number of aliphatic hydroxyl groups is 1. The van der Waals surface area contributed by atoms with Crippen molar-refractivity contribution in [3.63, 3.8) is 0 Å². The number of aryl methyl sites for hydroxylation is 2.